The van der Waals surface area contributed by atoms with Gasteiger partial charge in [-0.1, -0.05) is 13.0 Å². The molecule has 0 saturated carbocycles. The van der Waals surface area contributed by atoms with E-state index in [1.807, 2.05) is 12.3 Å². The summed E-state index contributed by atoms with van der Waals surface area (Å²) in [7, 11) is 0. The standard InChI is InChI=1S/C12H12F3NS/c1-7(5-16)10-6-17-11-4-8(12(13,14)15)2-3-9(10)11/h2-4,6-7H,5,16H2,1H3. The Balaban J connectivity index is 2.52. The van der Waals surface area contributed by atoms with Crippen LogP contribution in [0.15, 0.2) is 23.6 Å². The van der Waals surface area contributed by atoms with E-state index in [-0.39, 0.29) is 5.92 Å². The molecule has 1 atom stereocenters. The Kier molecular flexibility index (Phi) is 3.14. The first-order chi connectivity index (χ1) is 7.93. The summed E-state index contributed by atoms with van der Waals surface area (Å²) in [4.78, 5) is 0. The van der Waals surface area contributed by atoms with Crippen molar-refractivity contribution in [2.45, 2.75) is 19.0 Å². The second-order valence-electron chi connectivity index (χ2n) is 4.04. The second kappa shape index (κ2) is 4.31. The van der Waals surface area contributed by atoms with Crippen LogP contribution >= 0.6 is 11.3 Å². The normalized spacial score (nSPS) is 14.2. The number of fused-ring (bicyclic) bond motifs is 1. The molecule has 1 heterocycles. The van der Waals surface area contributed by atoms with Crippen molar-refractivity contribution >= 4 is 21.4 Å². The Bertz CT molecular complexity index is 530. The fourth-order valence-corrected chi connectivity index (χ4v) is 2.85. The molecule has 1 aromatic heterocycles. The molecule has 0 saturated heterocycles. The Morgan fingerprint density at radius 3 is 2.65 bits per heavy atom. The van der Waals surface area contributed by atoms with Gasteiger partial charge in [-0.05, 0) is 40.9 Å². The summed E-state index contributed by atoms with van der Waals surface area (Å²) >= 11 is 1.33. The lowest BCUT2D eigenvalue weighted by molar-refractivity contribution is -0.137. The molecular weight excluding hydrogens is 247 g/mol. The summed E-state index contributed by atoms with van der Waals surface area (Å²) in [6, 6.07) is 3.87. The number of hydrogen-bond acceptors (Lipinski definition) is 2. The Labute approximate surface area is 101 Å². The van der Waals surface area contributed by atoms with Crippen molar-refractivity contribution in [2.75, 3.05) is 6.54 Å². The number of alkyl halides is 3. The van der Waals surface area contributed by atoms with Gasteiger partial charge in [0.25, 0.3) is 0 Å². The molecule has 0 aliphatic carbocycles. The maximum atomic E-state index is 12.5. The summed E-state index contributed by atoms with van der Waals surface area (Å²) in [5.41, 5.74) is 6.01. The number of hydrogen-bond donors (Lipinski definition) is 1. The molecule has 92 valence electrons. The first kappa shape index (κ1) is 12.4. The van der Waals surface area contributed by atoms with Gasteiger partial charge in [0.2, 0.25) is 0 Å². The molecule has 0 radical (unpaired) electrons. The summed E-state index contributed by atoms with van der Waals surface area (Å²) < 4.78 is 38.3. The van der Waals surface area contributed by atoms with Crippen molar-refractivity contribution in [3.8, 4) is 0 Å². The predicted molar refractivity (Wildman–Crippen MR) is 64.3 cm³/mol. The molecule has 1 nitrogen and oxygen atoms in total. The van der Waals surface area contributed by atoms with Gasteiger partial charge in [-0.25, -0.2) is 0 Å². The minimum atomic E-state index is -4.28. The van der Waals surface area contributed by atoms with E-state index in [2.05, 4.69) is 0 Å². The van der Waals surface area contributed by atoms with E-state index in [1.54, 1.807) is 0 Å². The van der Waals surface area contributed by atoms with E-state index in [0.29, 0.717) is 11.2 Å². The predicted octanol–water partition coefficient (Wildman–Crippen LogP) is 3.98. The Hall–Kier alpha value is -1.07. The number of thiophene rings is 1. The molecule has 2 N–H and O–H groups in total. The van der Waals surface area contributed by atoms with E-state index in [0.717, 1.165) is 17.0 Å². The van der Waals surface area contributed by atoms with Crippen LogP contribution in [0.25, 0.3) is 10.1 Å². The molecule has 5 heteroatoms. The first-order valence-electron chi connectivity index (χ1n) is 5.22. The monoisotopic (exact) mass is 259 g/mol. The molecule has 17 heavy (non-hydrogen) atoms. The lowest BCUT2D eigenvalue weighted by Crippen LogP contribution is -2.08. The van der Waals surface area contributed by atoms with E-state index < -0.39 is 11.7 Å². The highest BCUT2D eigenvalue weighted by Crippen LogP contribution is 2.36. The van der Waals surface area contributed by atoms with Gasteiger partial charge in [0.05, 0.1) is 5.56 Å². The maximum absolute atomic E-state index is 12.5. The lowest BCUT2D eigenvalue weighted by Gasteiger charge is -2.08. The van der Waals surface area contributed by atoms with Crippen molar-refractivity contribution in [3.63, 3.8) is 0 Å². The van der Waals surface area contributed by atoms with Crippen molar-refractivity contribution < 1.29 is 13.2 Å². The minimum Gasteiger partial charge on any atom is -0.330 e. The van der Waals surface area contributed by atoms with Crippen molar-refractivity contribution in [1.82, 2.24) is 0 Å². The second-order valence-corrected chi connectivity index (χ2v) is 4.95. The molecule has 0 spiro atoms. The minimum absolute atomic E-state index is 0.167. The third kappa shape index (κ3) is 2.30. The van der Waals surface area contributed by atoms with Gasteiger partial charge in [0.1, 0.15) is 0 Å². The van der Waals surface area contributed by atoms with Crippen LogP contribution in [0.3, 0.4) is 0 Å². The summed E-state index contributed by atoms with van der Waals surface area (Å²) in [5, 5.41) is 2.77. The van der Waals surface area contributed by atoms with Crippen molar-refractivity contribution in [3.05, 3.63) is 34.7 Å². The van der Waals surface area contributed by atoms with Crippen LogP contribution in [0.2, 0.25) is 0 Å². The fraction of sp³-hybridized carbons (Fsp3) is 0.333. The molecule has 0 aliphatic heterocycles. The van der Waals surface area contributed by atoms with Crippen LogP contribution in [0.1, 0.15) is 24.0 Å². The van der Waals surface area contributed by atoms with Gasteiger partial charge in [-0.2, -0.15) is 13.2 Å². The van der Waals surface area contributed by atoms with Crippen LogP contribution in [0.4, 0.5) is 13.2 Å². The smallest absolute Gasteiger partial charge is 0.330 e. The van der Waals surface area contributed by atoms with Crippen molar-refractivity contribution in [1.29, 1.82) is 0 Å². The SMILES string of the molecule is CC(CN)c1csc2cc(C(F)(F)F)ccc12. The zero-order valence-corrected chi connectivity index (χ0v) is 10.0. The molecule has 1 aromatic carbocycles. The summed E-state index contributed by atoms with van der Waals surface area (Å²) in [6.45, 7) is 2.46. The van der Waals surface area contributed by atoms with Crippen LogP contribution in [0, 0.1) is 0 Å². The molecule has 0 bridgehead atoms. The molecule has 2 rings (SSSR count). The largest absolute Gasteiger partial charge is 0.416 e. The number of halogens is 3. The van der Waals surface area contributed by atoms with Crippen molar-refractivity contribution in [2.24, 2.45) is 5.73 Å². The average molecular weight is 259 g/mol. The van der Waals surface area contributed by atoms with Gasteiger partial charge < -0.3 is 5.73 Å². The van der Waals surface area contributed by atoms with E-state index in [9.17, 15) is 13.2 Å². The topological polar surface area (TPSA) is 26.0 Å². The third-order valence-corrected chi connectivity index (χ3v) is 3.78. The first-order valence-corrected chi connectivity index (χ1v) is 6.10. The van der Waals surface area contributed by atoms with Gasteiger partial charge >= 0.3 is 6.18 Å². The zero-order valence-electron chi connectivity index (χ0n) is 9.21. The van der Waals surface area contributed by atoms with E-state index in [1.165, 1.54) is 23.5 Å². The zero-order chi connectivity index (χ0) is 12.6. The third-order valence-electron chi connectivity index (χ3n) is 2.82. The summed E-state index contributed by atoms with van der Waals surface area (Å²) in [5.74, 6) is 0.167. The lowest BCUT2D eigenvalue weighted by atomic mass is 10.00. The van der Waals surface area contributed by atoms with Crippen LogP contribution < -0.4 is 5.73 Å². The molecular formula is C12H12F3NS. The van der Waals surface area contributed by atoms with Gasteiger partial charge in [0.15, 0.2) is 0 Å². The average Bonchev–Trinajstić information content (AvgIpc) is 2.69. The molecule has 0 fully saturated rings. The number of benzene rings is 1. The Morgan fingerprint density at radius 1 is 1.35 bits per heavy atom. The molecule has 0 aliphatic rings. The molecule has 0 amide bonds. The Morgan fingerprint density at radius 2 is 2.06 bits per heavy atom. The highest BCUT2D eigenvalue weighted by Gasteiger charge is 2.30. The fourth-order valence-electron chi connectivity index (χ4n) is 1.73. The van der Waals surface area contributed by atoms with Crippen LogP contribution in [-0.4, -0.2) is 6.54 Å². The van der Waals surface area contributed by atoms with E-state index in [4.69, 9.17) is 5.73 Å². The number of nitrogens with two attached hydrogens (primary N) is 1. The van der Waals surface area contributed by atoms with E-state index >= 15 is 0 Å². The number of rotatable bonds is 2. The van der Waals surface area contributed by atoms with Gasteiger partial charge in [-0.3, -0.25) is 0 Å². The van der Waals surface area contributed by atoms with Gasteiger partial charge in [0, 0.05) is 4.70 Å². The van der Waals surface area contributed by atoms with Gasteiger partial charge in [-0.15, -0.1) is 11.3 Å². The van der Waals surface area contributed by atoms with Crippen LogP contribution in [0.5, 0.6) is 0 Å². The molecule has 2 aromatic rings. The maximum Gasteiger partial charge on any atom is 0.416 e. The highest BCUT2D eigenvalue weighted by atomic mass is 32.1. The quantitative estimate of drug-likeness (QED) is 0.867. The molecule has 1 unspecified atom stereocenters. The summed E-state index contributed by atoms with van der Waals surface area (Å²) in [6.07, 6.45) is -4.28. The van der Waals surface area contributed by atoms with Crippen LogP contribution in [-0.2, 0) is 6.18 Å². The highest BCUT2D eigenvalue weighted by molar-refractivity contribution is 7.17.